The molecule has 0 unspecified atom stereocenters. The Balaban J connectivity index is 2.89. The van der Waals surface area contributed by atoms with Gasteiger partial charge in [-0.1, -0.05) is 0 Å². The molecule has 0 saturated carbocycles. The number of nitrogens with one attached hydrogen (secondary N) is 1. The first-order valence-electron chi connectivity index (χ1n) is 5.26. The van der Waals surface area contributed by atoms with Crippen molar-refractivity contribution in [2.24, 2.45) is 0 Å². The molecule has 0 bridgehead atoms. The smallest absolute Gasteiger partial charge is 0.271 e. The lowest BCUT2D eigenvalue weighted by Crippen LogP contribution is -2.32. The molecule has 6 heteroatoms. The van der Waals surface area contributed by atoms with E-state index in [0.29, 0.717) is 23.6 Å². The number of aromatic nitrogens is 2. The largest absolute Gasteiger partial charge is 0.395 e. The van der Waals surface area contributed by atoms with Crippen LogP contribution in [0.3, 0.4) is 0 Å². The van der Waals surface area contributed by atoms with E-state index in [1.54, 1.807) is 18.5 Å². The molecule has 0 aliphatic carbocycles. The zero-order chi connectivity index (χ0) is 12.3. The van der Waals surface area contributed by atoms with Gasteiger partial charge in [0.1, 0.15) is 5.69 Å². The van der Waals surface area contributed by atoms with Crippen molar-refractivity contribution >= 4 is 11.6 Å². The summed E-state index contributed by atoms with van der Waals surface area (Å²) in [6.07, 6.45) is -0.579. The number of hydrogen-bond donors (Lipinski definition) is 3. The SMILES string of the molecule is CCn1nc(C)c(N)c1C(=O)NC[C@H](C)O. The summed E-state index contributed by atoms with van der Waals surface area (Å²) in [4.78, 5) is 11.8. The van der Waals surface area contributed by atoms with Crippen LogP contribution in [0.2, 0.25) is 0 Å². The fourth-order valence-electron chi connectivity index (χ4n) is 1.39. The standard InChI is InChI=1S/C10H18N4O2/c1-4-14-9(8(11)7(3)13-14)10(16)12-5-6(2)15/h6,15H,4-5,11H2,1-3H3,(H,12,16)/t6-/m0/s1. The van der Waals surface area contributed by atoms with Crippen LogP contribution in [0.15, 0.2) is 0 Å². The van der Waals surface area contributed by atoms with Crippen LogP contribution in [0.1, 0.15) is 30.0 Å². The third kappa shape index (κ3) is 2.52. The summed E-state index contributed by atoms with van der Waals surface area (Å²) in [5, 5.41) is 15.8. The van der Waals surface area contributed by atoms with Crippen LogP contribution in [-0.4, -0.2) is 33.4 Å². The van der Waals surface area contributed by atoms with Gasteiger partial charge in [0.2, 0.25) is 0 Å². The van der Waals surface area contributed by atoms with Crippen LogP contribution in [-0.2, 0) is 6.54 Å². The highest BCUT2D eigenvalue weighted by Gasteiger charge is 2.18. The molecule has 0 aliphatic rings. The van der Waals surface area contributed by atoms with Crippen molar-refractivity contribution < 1.29 is 9.90 Å². The maximum absolute atomic E-state index is 11.8. The van der Waals surface area contributed by atoms with E-state index < -0.39 is 6.10 Å². The van der Waals surface area contributed by atoms with Gasteiger partial charge in [0, 0.05) is 13.1 Å². The first kappa shape index (κ1) is 12.5. The Labute approximate surface area is 94.4 Å². The molecule has 1 heterocycles. The second-order valence-corrected chi connectivity index (χ2v) is 3.72. The number of carbonyl (C=O) groups is 1. The number of hydrogen-bond acceptors (Lipinski definition) is 4. The lowest BCUT2D eigenvalue weighted by atomic mass is 10.3. The van der Waals surface area contributed by atoms with E-state index in [9.17, 15) is 4.79 Å². The normalized spacial score (nSPS) is 12.5. The summed E-state index contributed by atoms with van der Waals surface area (Å²) in [5.41, 5.74) is 7.18. The van der Waals surface area contributed by atoms with Gasteiger partial charge in [-0.25, -0.2) is 0 Å². The van der Waals surface area contributed by atoms with Gasteiger partial charge in [0.25, 0.3) is 5.91 Å². The van der Waals surface area contributed by atoms with Crippen LogP contribution in [0.5, 0.6) is 0 Å². The Kier molecular flexibility index (Phi) is 3.89. The summed E-state index contributed by atoms with van der Waals surface area (Å²) < 4.78 is 1.56. The molecule has 0 radical (unpaired) electrons. The van der Waals surface area contributed by atoms with Crippen LogP contribution in [0, 0.1) is 6.92 Å². The average Bonchev–Trinajstić information content (AvgIpc) is 2.51. The van der Waals surface area contributed by atoms with Crippen molar-refractivity contribution in [3.63, 3.8) is 0 Å². The van der Waals surface area contributed by atoms with Crippen molar-refractivity contribution in [2.75, 3.05) is 12.3 Å². The first-order chi connectivity index (χ1) is 7.47. The number of nitrogen functional groups attached to an aromatic ring is 1. The number of anilines is 1. The average molecular weight is 226 g/mol. The van der Waals surface area contributed by atoms with E-state index in [0.717, 1.165) is 0 Å². The molecule has 0 saturated heterocycles. The van der Waals surface area contributed by atoms with Gasteiger partial charge >= 0.3 is 0 Å². The van der Waals surface area contributed by atoms with E-state index in [-0.39, 0.29) is 12.5 Å². The monoisotopic (exact) mass is 226 g/mol. The second-order valence-electron chi connectivity index (χ2n) is 3.72. The highest BCUT2D eigenvalue weighted by Crippen LogP contribution is 2.15. The Morgan fingerprint density at radius 1 is 1.69 bits per heavy atom. The van der Waals surface area contributed by atoms with Gasteiger partial charge in [0.15, 0.2) is 0 Å². The van der Waals surface area contributed by atoms with Gasteiger partial charge in [-0.3, -0.25) is 9.48 Å². The van der Waals surface area contributed by atoms with Crippen LogP contribution in [0.25, 0.3) is 0 Å². The third-order valence-electron chi connectivity index (χ3n) is 2.25. The van der Waals surface area contributed by atoms with Crippen LogP contribution in [0.4, 0.5) is 5.69 Å². The Morgan fingerprint density at radius 2 is 2.31 bits per heavy atom. The molecule has 1 amide bonds. The molecule has 0 spiro atoms. The topological polar surface area (TPSA) is 93.2 Å². The Bertz CT molecular complexity index is 384. The zero-order valence-electron chi connectivity index (χ0n) is 9.82. The number of carbonyl (C=O) groups excluding carboxylic acids is 1. The summed E-state index contributed by atoms with van der Waals surface area (Å²) in [6.45, 7) is 6.03. The van der Waals surface area contributed by atoms with Crippen molar-refractivity contribution in [2.45, 2.75) is 33.4 Å². The number of nitrogens with two attached hydrogens (primary N) is 1. The van der Waals surface area contributed by atoms with E-state index in [1.165, 1.54) is 0 Å². The maximum Gasteiger partial charge on any atom is 0.271 e. The van der Waals surface area contributed by atoms with E-state index in [4.69, 9.17) is 10.8 Å². The molecule has 1 aromatic heterocycles. The molecular formula is C10H18N4O2. The summed E-state index contributed by atoms with van der Waals surface area (Å²) in [6, 6.07) is 0. The molecule has 1 rings (SSSR count). The predicted molar refractivity (Wildman–Crippen MR) is 61.1 cm³/mol. The van der Waals surface area contributed by atoms with Crippen molar-refractivity contribution in [3.8, 4) is 0 Å². The Morgan fingerprint density at radius 3 is 2.81 bits per heavy atom. The summed E-state index contributed by atoms with van der Waals surface area (Å²) in [5.74, 6) is -0.305. The predicted octanol–water partition coefficient (Wildman–Crippen LogP) is -0.0958. The first-order valence-corrected chi connectivity index (χ1v) is 5.26. The van der Waals surface area contributed by atoms with Crippen molar-refractivity contribution in [1.29, 1.82) is 0 Å². The summed E-state index contributed by atoms with van der Waals surface area (Å²) >= 11 is 0. The highest BCUT2D eigenvalue weighted by molar-refractivity contribution is 5.97. The zero-order valence-corrected chi connectivity index (χ0v) is 9.82. The van der Waals surface area contributed by atoms with E-state index in [1.807, 2.05) is 6.92 Å². The van der Waals surface area contributed by atoms with Gasteiger partial charge < -0.3 is 16.2 Å². The van der Waals surface area contributed by atoms with Crippen LogP contribution >= 0.6 is 0 Å². The van der Waals surface area contributed by atoms with Crippen LogP contribution < -0.4 is 11.1 Å². The fraction of sp³-hybridized carbons (Fsp3) is 0.600. The number of aliphatic hydroxyl groups is 1. The van der Waals surface area contributed by atoms with Gasteiger partial charge in [-0.05, 0) is 20.8 Å². The number of aliphatic hydroxyl groups excluding tert-OH is 1. The minimum absolute atomic E-state index is 0.201. The fourth-order valence-corrected chi connectivity index (χ4v) is 1.39. The molecule has 16 heavy (non-hydrogen) atoms. The van der Waals surface area contributed by atoms with Gasteiger partial charge in [-0.2, -0.15) is 5.10 Å². The van der Waals surface area contributed by atoms with Gasteiger partial charge in [0.05, 0.1) is 17.5 Å². The second kappa shape index (κ2) is 4.98. The number of amides is 1. The maximum atomic E-state index is 11.8. The molecule has 0 fully saturated rings. The lowest BCUT2D eigenvalue weighted by molar-refractivity contribution is 0.0914. The lowest BCUT2D eigenvalue weighted by Gasteiger charge is -2.08. The van der Waals surface area contributed by atoms with Crippen molar-refractivity contribution in [1.82, 2.24) is 15.1 Å². The van der Waals surface area contributed by atoms with E-state index in [2.05, 4.69) is 10.4 Å². The molecule has 1 atom stereocenters. The molecule has 0 aliphatic heterocycles. The van der Waals surface area contributed by atoms with Crippen molar-refractivity contribution in [3.05, 3.63) is 11.4 Å². The highest BCUT2D eigenvalue weighted by atomic mass is 16.3. The quantitative estimate of drug-likeness (QED) is 0.668. The third-order valence-corrected chi connectivity index (χ3v) is 2.25. The molecule has 6 nitrogen and oxygen atoms in total. The minimum Gasteiger partial charge on any atom is -0.395 e. The number of aryl methyl sites for hydroxylation is 2. The number of rotatable bonds is 4. The molecule has 4 N–H and O–H groups in total. The Hall–Kier alpha value is -1.56. The molecule has 1 aromatic rings. The number of nitrogens with zero attached hydrogens (tertiary/aromatic N) is 2. The van der Waals surface area contributed by atoms with E-state index >= 15 is 0 Å². The van der Waals surface area contributed by atoms with Gasteiger partial charge in [-0.15, -0.1) is 0 Å². The molecule has 90 valence electrons. The molecular weight excluding hydrogens is 208 g/mol. The summed E-state index contributed by atoms with van der Waals surface area (Å²) in [7, 11) is 0. The molecule has 0 aromatic carbocycles. The minimum atomic E-state index is -0.579.